The second-order valence-corrected chi connectivity index (χ2v) is 10.4. The van der Waals surface area contributed by atoms with Gasteiger partial charge in [0.1, 0.15) is 11.6 Å². The first-order valence-electron chi connectivity index (χ1n) is 12.5. The molecule has 3 atom stereocenters. The number of nitrogens with one attached hydrogen (secondary N) is 1. The molecule has 2 aromatic carbocycles. The summed E-state index contributed by atoms with van der Waals surface area (Å²) < 4.78 is 15.6. The first kappa shape index (κ1) is 28.7. The van der Waals surface area contributed by atoms with Crippen LogP contribution in [0.4, 0.5) is 4.79 Å². The number of nitrogens with zero attached hydrogens (tertiary/aromatic N) is 1. The largest absolute Gasteiger partial charge is 0.468 e. The van der Waals surface area contributed by atoms with Crippen LogP contribution in [0, 0.1) is 5.41 Å². The molecular weight excluding hydrogens is 488 g/mol. The van der Waals surface area contributed by atoms with Crippen molar-refractivity contribution in [3.63, 3.8) is 0 Å². The number of likely N-dealkylation sites (tertiary alicyclic amines) is 1. The third-order valence-electron chi connectivity index (χ3n) is 6.51. The lowest BCUT2D eigenvalue weighted by atomic mass is 9.78. The van der Waals surface area contributed by atoms with Gasteiger partial charge in [-0.05, 0) is 44.7 Å². The van der Waals surface area contributed by atoms with Crippen molar-refractivity contribution in [2.75, 3.05) is 20.8 Å². The maximum atomic E-state index is 14.2. The van der Waals surface area contributed by atoms with Crippen LogP contribution in [-0.2, 0) is 41.4 Å². The summed E-state index contributed by atoms with van der Waals surface area (Å²) in [5.74, 6) is -1.86. The van der Waals surface area contributed by atoms with E-state index in [1.54, 1.807) is 20.8 Å². The second kappa shape index (κ2) is 12.1. The van der Waals surface area contributed by atoms with Gasteiger partial charge in [0.15, 0.2) is 5.41 Å². The van der Waals surface area contributed by atoms with Crippen molar-refractivity contribution in [2.24, 2.45) is 5.41 Å². The van der Waals surface area contributed by atoms with Crippen molar-refractivity contribution >= 4 is 23.9 Å². The summed E-state index contributed by atoms with van der Waals surface area (Å²) in [5, 5.41) is 2.71. The van der Waals surface area contributed by atoms with E-state index in [0.717, 1.165) is 11.1 Å². The summed E-state index contributed by atoms with van der Waals surface area (Å²) in [7, 11) is 2.49. The van der Waals surface area contributed by atoms with E-state index in [1.807, 2.05) is 60.7 Å². The molecule has 0 saturated carbocycles. The van der Waals surface area contributed by atoms with Gasteiger partial charge in [-0.3, -0.25) is 9.59 Å². The zero-order valence-electron chi connectivity index (χ0n) is 22.6. The number of ether oxygens (including phenoxy) is 3. The molecule has 9 nitrogen and oxygen atoms in total. The van der Waals surface area contributed by atoms with E-state index in [1.165, 1.54) is 19.1 Å². The Bertz CT molecular complexity index is 1130. The average molecular weight is 525 g/mol. The Morgan fingerprint density at radius 2 is 1.55 bits per heavy atom. The molecule has 1 saturated heterocycles. The van der Waals surface area contributed by atoms with E-state index in [-0.39, 0.29) is 25.8 Å². The summed E-state index contributed by atoms with van der Waals surface area (Å²) in [5.41, 5.74) is -0.725. The highest BCUT2D eigenvalue weighted by Gasteiger charge is 2.59. The molecule has 0 aromatic heterocycles. The number of alkyl carbamates (subject to hydrolysis) is 1. The van der Waals surface area contributed by atoms with Crippen LogP contribution in [0.15, 0.2) is 60.7 Å². The van der Waals surface area contributed by atoms with Gasteiger partial charge in [-0.1, -0.05) is 60.7 Å². The predicted molar refractivity (Wildman–Crippen MR) is 140 cm³/mol. The minimum absolute atomic E-state index is 0.0313. The van der Waals surface area contributed by atoms with Gasteiger partial charge < -0.3 is 24.4 Å². The Hall–Kier alpha value is -3.88. The van der Waals surface area contributed by atoms with Crippen molar-refractivity contribution in [3.8, 4) is 0 Å². The number of esters is 2. The molecule has 0 spiro atoms. The summed E-state index contributed by atoms with van der Waals surface area (Å²) in [6.07, 6.45) is -0.380. The Balaban J connectivity index is 2.03. The van der Waals surface area contributed by atoms with Crippen LogP contribution >= 0.6 is 0 Å². The maximum Gasteiger partial charge on any atom is 0.407 e. The molecule has 1 N–H and O–H groups in total. The van der Waals surface area contributed by atoms with E-state index in [0.29, 0.717) is 0 Å². The van der Waals surface area contributed by atoms with Crippen molar-refractivity contribution in [2.45, 2.75) is 57.7 Å². The topological polar surface area (TPSA) is 111 Å². The normalized spacial score (nSPS) is 20.0. The van der Waals surface area contributed by atoms with Gasteiger partial charge >= 0.3 is 18.0 Å². The maximum absolute atomic E-state index is 14.2. The number of benzene rings is 2. The highest BCUT2D eigenvalue weighted by atomic mass is 16.6. The molecule has 38 heavy (non-hydrogen) atoms. The van der Waals surface area contributed by atoms with Crippen molar-refractivity contribution in [1.29, 1.82) is 0 Å². The van der Waals surface area contributed by atoms with E-state index in [4.69, 9.17) is 14.2 Å². The fourth-order valence-electron chi connectivity index (χ4n) is 4.88. The van der Waals surface area contributed by atoms with Crippen LogP contribution in [0.2, 0.25) is 0 Å². The minimum atomic E-state index is -1.58. The monoisotopic (exact) mass is 524 g/mol. The SMILES string of the molecule is COC(=O)[C@H](Cc1ccccc1)N1C(=O)[C@](Cc2ccccc2)(C(=O)OC)C[C@@H]1CNC(=O)OC(C)(C)C. The van der Waals surface area contributed by atoms with Gasteiger partial charge in [-0.2, -0.15) is 0 Å². The molecule has 0 radical (unpaired) electrons. The number of hydrogen-bond acceptors (Lipinski definition) is 7. The number of amides is 2. The molecule has 3 rings (SSSR count). The van der Waals surface area contributed by atoms with Crippen LogP contribution in [0.1, 0.15) is 38.3 Å². The number of rotatable bonds is 9. The lowest BCUT2D eigenvalue weighted by molar-refractivity contribution is -0.163. The molecule has 1 fully saturated rings. The molecule has 9 heteroatoms. The highest BCUT2D eigenvalue weighted by molar-refractivity contribution is 6.06. The standard InChI is InChI=1S/C29H36N2O7/c1-28(2,3)38-27(35)30-19-22-18-29(26(34)37-5,17-21-14-10-7-11-15-21)25(33)31(22)23(24(32)36-4)16-20-12-8-6-9-13-20/h6-15,22-23H,16-19H2,1-5H3,(H,30,35)/t22-,23+,29-/m1/s1. The van der Waals surface area contributed by atoms with Crippen LogP contribution in [0.5, 0.6) is 0 Å². The highest BCUT2D eigenvalue weighted by Crippen LogP contribution is 2.42. The van der Waals surface area contributed by atoms with Crippen LogP contribution in [-0.4, -0.2) is 67.3 Å². The lowest BCUT2D eigenvalue weighted by Gasteiger charge is -2.32. The Kier molecular flexibility index (Phi) is 9.14. The average Bonchev–Trinajstić information content (AvgIpc) is 3.17. The fraction of sp³-hybridized carbons (Fsp3) is 0.448. The summed E-state index contributed by atoms with van der Waals surface area (Å²) in [6.45, 7) is 5.20. The Morgan fingerprint density at radius 1 is 0.974 bits per heavy atom. The molecule has 2 amide bonds. The lowest BCUT2D eigenvalue weighted by Crippen LogP contribution is -2.53. The third kappa shape index (κ3) is 6.70. The molecule has 1 heterocycles. The van der Waals surface area contributed by atoms with E-state index in [9.17, 15) is 19.2 Å². The molecular formula is C29H36N2O7. The molecule has 1 aliphatic rings. The second-order valence-electron chi connectivity index (χ2n) is 10.4. The molecule has 0 aliphatic carbocycles. The van der Waals surface area contributed by atoms with Crippen LogP contribution < -0.4 is 5.32 Å². The molecule has 1 aliphatic heterocycles. The van der Waals surface area contributed by atoms with Gasteiger partial charge in [0.05, 0.1) is 20.3 Å². The Morgan fingerprint density at radius 3 is 2.08 bits per heavy atom. The number of hydrogen-bond donors (Lipinski definition) is 1. The summed E-state index contributed by atoms with van der Waals surface area (Å²) in [4.78, 5) is 54.5. The molecule has 204 valence electrons. The van der Waals surface area contributed by atoms with Crippen molar-refractivity contribution < 1.29 is 33.4 Å². The van der Waals surface area contributed by atoms with E-state index in [2.05, 4.69) is 5.32 Å². The van der Waals surface area contributed by atoms with Gasteiger partial charge in [-0.25, -0.2) is 9.59 Å². The van der Waals surface area contributed by atoms with Gasteiger partial charge in [0.2, 0.25) is 5.91 Å². The van der Waals surface area contributed by atoms with Crippen molar-refractivity contribution in [3.05, 3.63) is 71.8 Å². The number of carbonyl (C=O) groups excluding carboxylic acids is 4. The first-order valence-corrected chi connectivity index (χ1v) is 12.5. The fourth-order valence-corrected chi connectivity index (χ4v) is 4.88. The van der Waals surface area contributed by atoms with Crippen molar-refractivity contribution in [1.82, 2.24) is 10.2 Å². The molecule has 0 unspecified atom stereocenters. The molecule has 2 aromatic rings. The van der Waals surface area contributed by atoms with E-state index >= 15 is 0 Å². The zero-order chi connectivity index (χ0) is 27.9. The summed E-state index contributed by atoms with van der Waals surface area (Å²) >= 11 is 0. The van der Waals surface area contributed by atoms with E-state index < -0.39 is 47.0 Å². The first-order chi connectivity index (χ1) is 18.0. The Labute approximate surface area is 223 Å². The van der Waals surface area contributed by atoms with Gasteiger partial charge in [0, 0.05) is 13.0 Å². The summed E-state index contributed by atoms with van der Waals surface area (Å²) in [6, 6.07) is 16.7. The third-order valence-corrected chi connectivity index (χ3v) is 6.51. The smallest absolute Gasteiger partial charge is 0.407 e. The number of methoxy groups -OCH3 is 2. The van der Waals surface area contributed by atoms with Gasteiger partial charge in [0.25, 0.3) is 0 Å². The van der Waals surface area contributed by atoms with Gasteiger partial charge in [-0.15, -0.1) is 0 Å². The predicted octanol–water partition coefficient (Wildman–Crippen LogP) is 3.30. The number of carbonyl (C=O) groups is 4. The van der Waals surface area contributed by atoms with Crippen LogP contribution in [0.25, 0.3) is 0 Å². The quantitative estimate of drug-likeness (QED) is 0.304. The minimum Gasteiger partial charge on any atom is -0.468 e. The van der Waals surface area contributed by atoms with Crippen LogP contribution in [0.3, 0.4) is 0 Å². The molecule has 0 bridgehead atoms. The zero-order valence-corrected chi connectivity index (χ0v) is 22.6.